The number of aliphatic hydroxyl groups excluding tert-OH is 3. The minimum atomic E-state index is -1.06. The van der Waals surface area contributed by atoms with Crippen LogP contribution >= 0.6 is 0 Å². The molecular weight excluding hydrogens is 306 g/mol. The van der Waals surface area contributed by atoms with E-state index >= 15 is 0 Å². The van der Waals surface area contributed by atoms with Gasteiger partial charge >= 0.3 is 0 Å². The summed E-state index contributed by atoms with van der Waals surface area (Å²) in [5.74, 6) is -0.215. The lowest BCUT2D eigenvalue weighted by Crippen LogP contribution is -2.48. The van der Waals surface area contributed by atoms with E-state index in [0.29, 0.717) is 39.5 Å². The largest absolute Gasteiger partial charge is 0.395 e. The van der Waals surface area contributed by atoms with Crippen LogP contribution in [-0.2, 0) is 14.3 Å². The van der Waals surface area contributed by atoms with Crippen LogP contribution in [0.5, 0.6) is 0 Å². The highest BCUT2D eigenvalue weighted by atomic mass is 16.5. The lowest BCUT2D eigenvalue weighted by Gasteiger charge is -2.29. The summed E-state index contributed by atoms with van der Waals surface area (Å²) in [6.07, 6.45) is -2.10. The van der Waals surface area contributed by atoms with E-state index in [1.54, 1.807) is 4.90 Å². The summed E-state index contributed by atoms with van der Waals surface area (Å²) in [6, 6.07) is -1.05. The highest BCUT2D eigenvalue weighted by molar-refractivity contribution is 5.72. The van der Waals surface area contributed by atoms with Crippen LogP contribution in [0.1, 0.15) is 6.92 Å². The summed E-state index contributed by atoms with van der Waals surface area (Å²) >= 11 is 0. The molecule has 9 nitrogen and oxygen atoms in total. The average molecular weight is 335 g/mol. The van der Waals surface area contributed by atoms with Gasteiger partial charge in [-0.3, -0.25) is 9.69 Å². The zero-order valence-corrected chi connectivity index (χ0v) is 13.6. The first-order valence-corrected chi connectivity index (χ1v) is 7.85. The van der Waals surface area contributed by atoms with Gasteiger partial charge in [-0.05, 0) is 0 Å². The van der Waals surface area contributed by atoms with E-state index in [1.165, 1.54) is 6.92 Å². The van der Waals surface area contributed by atoms with Crippen LogP contribution < -0.4 is 11.1 Å². The first kappa shape index (κ1) is 20.2. The Balaban J connectivity index is 2.44. The zero-order valence-electron chi connectivity index (χ0n) is 13.6. The monoisotopic (exact) mass is 335 g/mol. The molecule has 0 aromatic carbocycles. The van der Waals surface area contributed by atoms with Gasteiger partial charge in [-0.1, -0.05) is 0 Å². The van der Waals surface area contributed by atoms with Crippen molar-refractivity contribution < 1.29 is 29.6 Å². The van der Waals surface area contributed by atoms with Crippen LogP contribution in [0.15, 0.2) is 0 Å². The second-order valence-corrected chi connectivity index (χ2v) is 5.49. The SMILES string of the molecule is CC(=O)NC[C@@H]1[C@@H](O)[C@H](O)C(CO)N1CCOCCOCCN. The number of aliphatic hydroxyl groups is 3. The molecule has 1 saturated heterocycles. The highest BCUT2D eigenvalue weighted by Crippen LogP contribution is 2.24. The van der Waals surface area contributed by atoms with Crippen molar-refractivity contribution in [3.8, 4) is 0 Å². The third-order valence-corrected chi connectivity index (χ3v) is 3.87. The molecule has 1 rings (SSSR count). The normalized spacial score (nSPS) is 28.2. The number of likely N-dealkylation sites (tertiary alicyclic amines) is 1. The van der Waals surface area contributed by atoms with Crippen LogP contribution in [0.25, 0.3) is 0 Å². The molecule has 1 aliphatic heterocycles. The predicted octanol–water partition coefficient (Wildman–Crippen LogP) is -3.12. The Morgan fingerprint density at radius 2 is 1.74 bits per heavy atom. The summed E-state index contributed by atoms with van der Waals surface area (Å²) in [5.41, 5.74) is 5.30. The Morgan fingerprint density at radius 3 is 2.30 bits per heavy atom. The summed E-state index contributed by atoms with van der Waals surface area (Å²) in [5, 5.41) is 32.2. The van der Waals surface area contributed by atoms with Crippen LogP contribution in [0.2, 0.25) is 0 Å². The van der Waals surface area contributed by atoms with Gasteiger partial charge in [0, 0.05) is 26.6 Å². The molecule has 1 fully saturated rings. The standard InChI is InChI=1S/C14H29N3O6/c1-10(19)16-8-11-13(20)14(21)12(9-18)17(11)3-5-23-7-6-22-4-2-15/h11-14,18,20-21H,2-9,15H2,1H3,(H,16,19)/t11-,12?,13-,14-/m1/s1. The minimum absolute atomic E-state index is 0.198. The van der Waals surface area contributed by atoms with Crippen molar-refractivity contribution in [1.82, 2.24) is 10.2 Å². The van der Waals surface area contributed by atoms with Gasteiger partial charge in [0.2, 0.25) is 5.91 Å². The molecule has 136 valence electrons. The van der Waals surface area contributed by atoms with Gasteiger partial charge < -0.3 is 35.8 Å². The number of hydrogen-bond acceptors (Lipinski definition) is 8. The number of ether oxygens (including phenoxy) is 2. The van der Waals surface area contributed by atoms with Crippen molar-refractivity contribution >= 4 is 5.91 Å². The molecule has 1 heterocycles. The maximum absolute atomic E-state index is 11.1. The molecule has 1 aliphatic rings. The Labute approximate surface area is 136 Å². The molecule has 9 heteroatoms. The summed E-state index contributed by atoms with van der Waals surface area (Å²) in [6.45, 7) is 3.89. The smallest absolute Gasteiger partial charge is 0.216 e. The molecule has 0 aliphatic carbocycles. The Kier molecular flexibility index (Phi) is 9.56. The van der Waals surface area contributed by atoms with E-state index in [2.05, 4.69) is 5.32 Å². The van der Waals surface area contributed by atoms with Crippen LogP contribution in [0.3, 0.4) is 0 Å². The maximum Gasteiger partial charge on any atom is 0.216 e. The van der Waals surface area contributed by atoms with Gasteiger partial charge in [0.05, 0.1) is 57.3 Å². The quantitative estimate of drug-likeness (QED) is 0.250. The molecule has 0 spiro atoms. The van der Waals surface area contributed by atoms with E-state index in [1.807, 2.05) is 0 Å². The van der Waals surface area contributed by atoms with Crippen LogP contribution in [0, 0.1) is 0 Å². The van der Waals surface area contributed by atoms with Gasteiger partial charge in [0.15, 0.2) is 0 Å². The molecule has 0 radical (unpaired) electrons. The van der Waals surface area contributed by atoms with E-state index in [9.17, 15) is 20.1 Å². The number of nitrogens with zero attached hydrogens (tertiary/aromatic N) is 1. The fourth-order valence-corrected chi connectivity index (χ4v) is 2.70. The summed E-state index contributed by atoms with van der Waals surface area (Å²) < 4.78 is 10.6. The van der Waals surface area contributed by atoms with Crippen molar-refractivity contribution in [2.75, 3.05) is 52.7 Å². The first-order valence-electron chi connectivity index (χ1n) is 7.85. The third kappa shape index (κ3) is 6.30. The maximum atomic E-state index is 11.1. The molecule has 1 amide bonds. The topological polar surface area (TPSA) is 138 Å². The Hall–Kier alpha value is -0.810. The van der Waals surface area contributed by atoms with Crippen molar-refractivity contribution in [3.63, 3.8) is 0 Å². The number of amides is 1. The van der Waals surface area contributed by atoms with Gasteiger partial charge in [0.25, 0.3) is 0 Å². The summed E-state index contributed by atoms with van der Waals surface area (Å²) in [7, 11) is 0. The molecular formula is C14H29N3O6. The second kappa shape index (κ2) is 10.9. The molecule has 23 heavy (non-hydrogen) atoms. The van der Waals surface area contributed by atoms with E-state index in [0.717, 1.165) is 0 Å². The number of carbonyl (C=O) groups excluding carboxylic acids is 1. The van der Waals surface area contributed by atoms with Crippen LogP contribution in [0.4, 0.5) is 0 Å². The fraction of sp³-hybridized carbons (Fsp3) is 0.929. The molecule has 0 aromatic heterocycles. The van der Waals surface area contributed by atoms with E-state index in [-0.39, 0.29) is 19.1 Å². The van der Waals surface area contributed by atoms with Gasteiger partial charge in [-0.15, -0.1) is 0 Å². The highest BCUT2D eigenvalue weighted by Gasteiger charge is 2.46. The molecule has 4 atom stereocenters. The molecule has 0 saturated carbocycles. The Morgan fingerprint density at radius 1 is 1.13 bits per heavy atom. The van der Waals surface area contributed by atoms with E-state index in [4.69, 9.17) is 15.2 Å². The van der Waals surface area contributed by atoms with Gasteiger partial charge in [0.1, 0.15) is 0 Å². The first-order chi connectivity index (χ1) is 11.0. The molecule has 1 unspecified atom stereocenters. The molecule has 0 aromatic rings. The van der Waals surface area contributed by atoms with Crippen molar-refractivity contribution in [1.29, 1.82) is 0 Å². The third-order valence-electron chi connectivity index (χ3n) is 3.87. The number of nitrogens with one attached hydrogen (secondary N) is 1. The van der Waals surface area contributed by atoms with E-state index < -0.39 is 24.3 Å². The number of carbonyl (C=O) groups is 1. The fourth-order valence-electron chi connectivity index (χ4n) is 2.70. The lowest BCUT2D eigenvalue weighted by molar-refractivity contribution is -0.119. The zero-order chi connectivity index (χ0) is 17.2. The minimum Gasteiger partial charge on any atom is -0.395 e. The van der Waals surface area contributed by atoms with Gasteiger partial charge in [-0.2, -0.15) is 0 Å². The average Bonchev–Trinajstić information content (AvgIpc) is 2.75. The molecule has 6 N–H and O–H groups in total. The van der Waals surface area contributed by atoms with Crippen molar-refractivity contribution in [2.45, 2.75) is 31.2 Å². The predicted molar refractivity (Wildman–Crippen MR) is 82.8 cm³/mol. The lowest BCUT2D eigenvalue weighted by atomic mass is 10.1. The second-order valence-electron chi connectivity index (χ2n) is 5.49. The number of nitrogens with two attached hydrogens (primary N) is 1. The van der Waals surface area contributed by atoms with Gasteiger partial charge in [-0.25, -0.2) is 0 Å². The molecule has 0 bridgehead atoms. The Bertz CT molecular complexity index is 346. The van der Waals surface area contributed by atoms with Crippen molar-refractivity contribution in [3.05, 3.63) is 0 Å². The van der Waals surface area contributed by atoms with Crippen LogP contribution in [-0.4, -0.2) is 103 Å². The number of rotatable bonds is 11. The summed E-state index contributed by atoms with van der Waals surface area (Å²) in [4.78, 5) is 12.8. The van der Waals surface area contributed by atoms with Crippen molar-refractivity contribution in [2.24, 2.45) is 5.73 Å². The number of hydrogen-bond donors (Lipinski definition) is 5.